The van der Waals surface area contributed by atoms with E-state index in [1.165, 1.54) is 5.57 Å². The number of nitrogens with one attached hydrogen (secondary N) is 1. The molecule has 0 fully saturated rings. The molecule has 1 atom stereocenters. The van der Waals surface area contributed by atoms with E-state index in [9.17, 15) is 0 Å². The third-order valence-electron chi connectivity index (χ3n) is 1.82. The van der Waals surface area contributed by atoms with Crippen molar-refractivity contribution in [1.29, 1.82) is 0 Å². The lowest BCUT2D eigenvalue weighted by molar-refractivity contribution is 0.569. The van der Waals surface area contributed by atoms with Crippen molar-refractivity contribution < 1.29 is 0 Å². The first kappa shape index (κ1) is 8.60. The van der Waals surface area contributed by atoms with Gasteiger partial charge in [0.15, 0.2) is 0 Å². The summed E-state index contributed by atoms with van der Waals surface area (Å²) in [5.74, 6) is 0.529. The van der Waals surface area contributed by atoms with Gasteiger partial charge in [0.2, 0.25) is 0 Å². The normalized spacial score (nSPS) is 24.3. The van der Waals surface area contributed by atoms with Gasteiger partial charge in [-0.1, -0.05) is 25.4 Å². The van der Waals surface area contributed by atoms with Gasteiger partial charge >= 0.3 is 0 Å². The van der Waals surface area contributed by atoms with Crippen LogP contribution in [0.15, 0.2) is 16.8 Å². The molecule has 11 heavy (non-hydrogen) atoms. The summed E-state index contributed by atoms with van der Waals surface area (Å²) in [5.41, 5.74) is 4.26. The minimum atomic E-state index is 0.317. The first-order chi connectivity index (χ1) is 5.11. The molecule has 1 N–H and O–H groups in total. The average Bonchev–Trinajstić information content (AvgIpc) is 1.94. The molecule has 1 heterocycles. The first-order valence-corrected chi connectivity index (χ1v) is 4.19. The molecule has 1 aliphatic rings. The molecule has 0 aromatic heterocycles. The Bertz CT molecular complexity index is 206. The molecule has 0 spiro atoms. The van der Waals surface area contributed by atoms with Crippen molar-refractivity contribution in [3.05, 3.63) is 11.6 Å². The summed E-state index contributed by atoms with van der Waals surface area (Å²) in [7, 11) is 0. The maximum Gasteiger partial charge on any atom is 0.148 e. The zero-order valence-electron chi connectivity index (χ0n) is 7.06. The topological polar surface area (TPSA) is 24.4 Å². The van der Waals surface area contributed by atoms with Crippen LogP contribution in [0.2, 0.25) is 0 Å². The molecule has 1 unspecified atom stereocenters. The van der Waals surface area contributed by atoms with E-state index in [4.69, 9.17) is 11.6 Å². The van der Waals surface area contributed by atoms with Crippen LogP contribution in [0.3, 0.4) is 0 Å². The Morgan fingerprint density at radius 3 is 2.73 bits per heavy atom. The summed E-state index contributed by atoms with van der Waals surface area (Å²) in [5, 5.41) is 4.45. The molecule has 0 aliphatic carbocycles. The molecule has 0 amide bonds. The molecule has 0 saturated carbocycles. The van der Waals surface area contributed by atoms with Crippen molar-refractivity contribution in [2.24, 2.45) is 11.0 Å². The lowest BCUT2D eigenvalue weighted by Crippen LogP contribution is -2.29. The third kappa shape index (κ3) is 1.96. The van der Waals surface area contributed by atoms with Crippen molar-refractivity contribution in [3.63, 3.8) is 0 Å². The average molecular weight is 173 g/mol. The van der Waals surface area contributed by atoms with Crippen LogP contribution in [-0.4, -0.2) is 11.2 Å². The lowest BCUT2D eigenvalue weighted by Gasteiger charge is -2.22. The molecule has 1 aliphatic heterocycles. The van der Waals surface area contributed by atoms with Gasteiger partial charge in [0.1, 0.15) is 5.17 Å². The molecule has 62 valence electrons. The molecule has 3 heteroatoms. The Morgan fingerprint density at radius 1 is 1.64 bits per heavy atom. The van der Waals surface area contributed by atoms with Crippen molar-refractivity contribution in [2.75, 3.05) is 0 Å². The van der Waals surface area contributed by atoms with E-state index in [2.05, 4.69) is 31.3 Å². The predicted octanol–water partition coefficient (Wildman–Crippen LogP) is 2.11. The van der Waals surface area contributed by atoms with E-state index in [0.29, 0.717) is 17.1 Å². The summed E-state index contributed by atoms with van der Waals surface area (Å²) >= 11 is 5.73. The maximum absolute atomic E-state index is 5.73. The highest BCUT2D eigenvalue weighted by atomic mass is 35.5. The second kappa shape index (κ2) is 3.26. The molecule has 1 rings (SSSR count). The van der Waals surface area contributed by atoms with Crippen LogP contribution in [0.4, 0.5) is 0 Å². The Hall–Kier alpha value is -0.500. The summed E-state index contributed by atoms with van der Waals surface area (Å²) in [6.45, 7) is 6.39. The minimum Gasteiger partial charge on any atom is -0.302 e. The minimum absolute atomic E-state index is 0.317. The summed E-state index contributed by atoms with van der Waals surface area (Å²) in [6.07, 6.45) is 1.94. The highest BCUT2D eigenvalue weighted by Crippen LogP contribution is 2.17. The van der Waals surface area contributed by atoms with Gasteiger partial charge in [0.05, 0.1) is 6.04 Å². The Morgan fingerprint density at radius 2 is 2.27 bits per heavy atom. The number of halogens is 1. The molecule has 2 nitrogen and oxygen atoms in total. The monoisotopic (exact) mass is 172 g/mol. The molecular weight excluding hydrogens is 160 g/mol. The van der Waals surface area contributed by atoms with Crippen LogP contribution < -0.4 is 5.43 Å². The smallest absolute Gasteiger partial charge is 0.148 e. The van der Waals surface area contributed by atoms with Crippen LogP contribution in [0.25, 0.3) is 0 Å². The van der Waals surface area contributed by atoms with Crippen LogP contribution >= 0.6 is 11.6 Å². The maximum atomic E-state index is 5.73. The first-order valence-electron chi connectivity index (χ1n) is 3.81. The van der Waals surface area contributed by atoms with Gasteiger partial charge in [-0.2, -0.15) is 5.10 Å². The molecule has 0 aromatic rings. The van der Waals surface area contributed by atoms with Gasteiger partial charge in [-0.3, -0.25) is 0 Å². The molecule has 0 saturated heterocycles. The number of rotatable bonds is 1. The van der Waals surface area contributed by atoms with E-state index >= 15 is 0 Å². The van der Waals surface area contributed by atoms with Gasteiger partial charge in [-0.15, -0.1) is 0 Å². The highest BCUT2D eigenvalue weighted by molar-refractivity contribution is 6.68. The number of hydrogen-bond donors (Lipinski definition) is 1. The summed E-state index contributed by atoms with van der Waals surface area (Å²) in [6, 6.07) is 0.317. The second-order valence-corrected chi connectivity index (χ2v) is 3.47. The van der Waals surface area contributed by atoms with Gasteiger partial charge in [-0.05, 0) is 24.5 Å². The van der Waals surface area contributed by atoms with Crippen LogP contribution in [0, 0.1) is 5.92 Å². The SMILES string of the molecule is CC(C)C1=CC(Cl)=NNC1C. The number of nitrogens with zero attached hydrogens (tertiary/aromatic N) is 1. The van der Waals surface area contributed by atoms with E-state index in [1.54, 1.807) is 0 Å². The fourth-order valence-corrected chi connectivity index (χ4v) is 1.37. The predicted molar refractivity (Wildman–Crippen MR) is 48.8 cm³/mol. The Balaban J connectivity index is 2.81. The molecule has 0 bridgehead atoms. The van der Waals surface area contributed by atoms with E-state index < -0.39 is 0 Å². The quantitative estimate of drug-likeness (QED) is 0.644. The fraction of sp³-hybridized carbons (Fsp3) is 0.625. The van der Waals surface area contributed by atoms with Crippen molar-refractivity contribution in [2.45, 2.75) is 26.8 Å². The standard InChI is InChI=1S/C8H13ClN2/c1-5(2)7-4-8(9)11-10-6(7)3/h4-6,10H,1-3H3. The zero-order valence-corrected chi connectivity index (χ0v) is 7.81. The van der Waals surface area contributed by atoms with E-state index in [0.717, 1.165) is 0 Å². The molecule has 0 aromatic carbocycles. The summed E-state index contributed by atoms with van der Waals surface area (Å²) in [4.78, 5) is 0. The number of allylic oxidation sites excluding steroid dienone is 1. The van der Waals surface area contributed by atoms with E-state index in [1.807, 2.05) is 6.08 Å². The van der Waals surface area contributed by atoms with Gasteiger partial charge in [-0.25, -0.2) is 0 Å². The van der Waals surface area contributed by atoms with Crippen molar-refractivity contribution in [1.82, 2.24) is 5.43 Å². The van der Waals surface area contributed by atoms with Crippen LogP contribution in [0.5, 0.6) is 0 Å². The largest absolute Gasteiger partial charge is 0.302 e. The third-order valence-corrected chi connectivity index (χ3v) is 2.01. The van der Waals surface area contributed by atoms with Crippen LogP contribution in [-0.2, 0) is 0 Å². The van der Waals surface area contributed by atoms with Crippen molar-refractivity contribution >= 4 is 16.8 Å². The van der Waals surface area contributed by atoms with E-state index in [-0.39, 0.29) is 0 Å². The fourth-order valence-electron chi connectivity index (χ4n) is 1.19. The van der Waals surface area contributed by atoms with Gasteiger partial charge < -0.3 is 5.43 Å². The molecule has 0 radical (unpaired) electrons. The number of hydrazone groups is 1. The lowest BCUT2D eigenvalue weighted by atomic mass is 9.96. The van der Waals surface area contributed by atoms with Gasteiger partial charge in [0, 0.05) is 0 Å². The molecular formula is C8H13ClN2. The Kier molecular flexibility index (Phi) is 2.55. The van der Waals surface area contributed by atoms with Crippen molar-refractivity contribution in [3.8, 4) is 0 Å². The number of hydrogen-bond acceptors (Lipinski definition) is 2. The highest BCUT2D eigenvalue weighted by Gasteiger charge is 2.15. The zero-order chi connectivity index (χ0) is 8.43. The van der Waals surface area contributed by atoms with Gasteiger partial charge in [0.25, 0.3) is 0 Å². The van der Waals surface area contributed by atoms with Crippen LogP contribution in [0.1, 0.15) is 20.8 Å². The second-order valence-electron chi connectivity index (χ2n) is 3.08. The summed E-state index contributed by atoms with van der Waals surface area (Å²) < 4.78 is 0. The Labute approximate surface area is 72.3 Å².